The van der Waals surface area contributed by atoms with Crippen molar-refractivity contribution in [2.45, 2.75) is 24.2 Å². The third-order valence-electron chi connectivity index (χ3n) is 2.33. The summed E-state index contributed by atoms with van der Waals surface area (Å²) in [7, 11) is -3.09. The molecule has 0 heterocycles. The molecule has 90 valence electrons. The minimum atomic E-state index is -3.09. The molecule has 0 aromatic heterocycles. The van der Waals surface area contributed by atoms with Crippen molar-refractivity contribution in [2.24, 2.45) is 5.90 Å². The minimum Gasteiger partial charge on any atom is -0.305 e. The van der Waals surface area contributed by atoms with Gasteiger partial charge in [0, 0.05) is 6.26 Å². The number of sulfone groups is 1. The number of benzene rings is 1. The Balaban J connectivity index is 2.52. The average molecular weight is 243 g/mol. The van der Waals surface area contributed by atoms with Gasteiger partial charge in [0.1, 0.15) is 0 Å². The zero-order valence-electron chi connectivity index (χ0n) is 9.35. The van der Waals surface area contributed by atoms with Crippen LogP contribution >= 0.6 is 0 Å². The second kappa shape index (κ2) is 5.98. The summed E-state index contributed by atoms with van der Waals surface area (Å²) in [5, 5.41) is 0. The van der Waals surface area contributed by atoms with Crippen LogP contribution in [0.25, 0.3) is 0 Å². The predicted octanol–water partition coefficient (Wildman–Crippen LogP) is 1.30. The van der Waals surface area contributed by atoms with Crippen LogP contribution in [0.15, 0.2) is 29.2 Å². The number of nitrogens with two attached hydrogens (primary N) is 1. The summed E-state index contributed by atoms with van der Waals surface area (Å²) in [6.07, 6.45) is 4.01. The fourth-order valence-electron chi connectivity index (χ4n) is 1.42. The Kier molecular flexibility index (Phi) is 4.92. The summed E-state index contributed by atoms with van der Waals surface area (Å²) < 4.78 is 22.4. The fourth-order valence-corrected chi connectivity index (χ4v) is 2.05. The van der Waals surface area contributed by atoms with Crippen molar-refractivity contribution in [2.75, 3.05) is 12.9 Å². The Labute approximate surface area is 96.3 Å². The number of rotatable bonds is 6. The van der Waals surface area contributed by atoms with Crippen molar-refractivity contribution >= 4 is 9.84 Å². The average Bonchev–Trinajstić information content (AvgIpc) is 2.24. The monoisotopic (exact) mass is 243 g/mol. The first-order chi connectivity index (χ1) is 7.54. The first-order valence-corrected chi connectivity index (χ1v) is 7.04. The summed E-state index contributed by atoms with van der Waals surface area (Å²) in [6, 6.07) is 6.98. The van der Waals surface area contributed by atoms with Crippen molar-refractivity contribution < 1.29 is 13.3 Å². The van der Waals surface area contributed by atoms with Gasteiger partial charge in [0.05, 0.1) is 11.5 Å². The van der Waals surface area contributed by atoms with Crippen LogP contribution < -0.4 is 5.90 Å². The van der Waals surface area contributed by atoms with E-state index in [0.29, 0.717) is 11.5 Å². The molecule has 0 fully saturated rings. The summed E-state index contributed by atoms with van der Waals surface area (Å²) in [4.78, 5) is 4.83. The third kappa shape index (κ3) is 4.30. The van der Waals surface area contributed by atoms with Gasteiger partial charge in [-0.05, 0) is 37.0 Å². The summed E-state index contributed by atoms with van der Waals surface area (Å²) in [6.45, 7) is 0.557. The normalized spacial score (nSPS) is 11.6. The molecule has 0 aliphatic rings. The van der Waals surface area contributed by atoms with E-state index >= 15 is 0 Å². The number of hydrogen-bond donors (Lipinski definition) is 1. The van der Waals surface area contributed by atoms with E-state index in [4.69, 9.17) is 5.90 Å². The molecule has 0 aliphatic heterocycles. The van der Waals surface area contributed by atoms with Gasteiger partial charge in [-0.25, -0.2) is 14.3 Å². The Morgan fingerprint density at radius 3 is 2.31 bits per heavy atom. The van der Waals surface area contributed by atoms with E-state index in [1.165, 1.54) is 6.26 Å². The van der Waals surface area contributed by atoms with Gasteiger partial charge in [0.25, 0.3) is 0 Å². The van der Waals surface area contributed by atoms with E-state index in [0.717, 1.165) is 24.8 Å². The molecule has 1 aromatic rings. The van der Waals surface area contributed by atoms with E-state index in [-0.39, 0.29) is 0 Å². The molecule has 0 aliphatic carbocycles. The lowest BCUT2D eigenvalue weighted by Crippen LogP contribution is -2.01. The molecule has 0 spiro atoms. The molecule has 16 heavy (non-hydrogen) atoms. The second-order valence-electron chi connectivity index (χ2n) is 3.74. The molecule has 0 saturated carbocycles. The van der Waals surface area contributed by atoms with Crippen LogP contribution in [-0.2, 0) is 21.1 Å². The third-order valence-corrected chi connectivity index (χ3v) is 3.46. The molecular weight excluding hydrogens is 226 g/mol. The van der Waals surface area contributed by atoms with Crippen molar-refractivity contribution in [3.63, 3.8) is 0 Å². The quantitative estimate of drug-likeness (QED) is 0.604. The van der Waals surface area contributed by atoms with E-state index < -0.39 is 9.84 Å². The molecule has 2 N–H and O–H groups in total. The maximum absolute atomic E-state index is 11.2. The van der Waals surface area contributed by atoms with Crippen molar-refractivity contribution in [3.8, 4) is 0 Å². The van der Waals surface area contributed by atoms with Gasteiger partial charge < -0.3 is 4.84 Å². The number of unbranched alkanes of at least 4 members (excludes halogenated alkanes) is 1. The van der Waals surface area contributed by atoms with E-state index in [1.54, 1.807) is 12.1 Å². The van der Waals surface area contributed by atoms with Gasteiger partial charge in [-0.3, -0.25) is 0 Å². The number of aryl methyl sites for hydroxylation is 1. The van der Waals surface area contributed by atoms with Crippen LogP contribution in [0.1, 0.15) is 18.4 Å². The molecule has 5 heteroatoms. The maximum atomic E-state index is 11.2. The van der Waals surface area contributed by atoms with Crippen LogP contribution in [0.2, 0.25) is 0 Å². The van der Waals surface area contributed by atoms with Crippen LogP contribution in [0.4, 0.5) is 0 Å². The predicted molar refractivity (Wildman–Crippen MR) is 62.6 cm³/mol. The van der Waals surface area contributed by atoms with E-state index in [2.05, 4.69) is 4.84 Å². The maximum Gasteiger partial charge on any atom is 0.175 e. The molecular formula is C11H17NO3S. The zero-order valence-corrected chi connectivity index (χ0v) is 10.2. The molecule has 0 unspecified atom stereocenters. The Morgan fingerprint density at radius 1 is 1.19 bits per heavy atom. The molecule has 4 nitrogen and oxygen atoms in total. The van der Waals surface area contributed by atoms with Crippen molar-refractivity contribution in [1.82, 2.24) is 0 Å². The standard InChI is InChI=1S/C11H17NO3S/c1-16(13,14)11-7-5-10(6-8-11)4-2-3-9-15-12/h5-8H,2-4,9,12H2,1H3. The van der Waals surface area contributed by atoms with Crippen LogP contribution in [0, 0.1) is 0 Å². The van der Waals surface area contributed by atoms with Crippen LogP contribution in [0.5, 0.6) is 0 Å². The molecule has 1 rings (SSSR count). The lowest BCUT2D eigenvalue weighted by Gasteiger charge is -2.02. The first kappa shape index (κ1) is 13.2. The molecule has 1 aromatic carbocycles. The lowest BCUT2D eigenvalue weighted by molar-refractivity contribution is 0.134. The Bertz CT molecular complexity index is 411. The molecule has 0 saturated heterocycles. The Morgan fingerprint density at radius 2 is 1.81 bits per heavy atom. The van der Waals surface area contributed by atoms with Gasteiger partial charge >= 0.3 is 0 Å². The number of hydrogen-bond acceptors (Lipinski definition) is 4. The smallest absolute Gasteiger partial charge is 0.175 e. The highest BCUT2D eigenvalue weighted by molar-refractivity contribution is 7.90. The topological polar surface area (TPSA) is 69.4 Å². The molecule has 0 amide bonds. The fraction of sp³-hybridized carbons (Fsp3) is 0.455. The molecule has 0 bridgehead atoms. The largest absolute Gasteiger partial charge is 0.305 e. The summed E-state index contributed by atoms with van der Waals surface area (Å²) in [5.41, 5.74) is 1.13. The van der Waals surface area contributed by atoms with Crippen molar-refractivity contribution in [1.29, 1.82) is 0 Å². The van der Waals surface area contributed by atoms with Gasteiger partial charge in [-0.15, -0.1) is 0 Å². The SMILES string of the molecule is CS(=O)(=O)c1ccc(CCCCON)cc1. The second-order valence-corrected chi connectivity index (χ2v) is 5.76. The van der Waals surface area contributed by atoms with Gasteiger partial charge in [-0.2, -0.15) is 0 Å². The summed E-state index contributed by atoms with van der Waals surface area (Å²) in [5.74, 6) is 4.91. The van der Waals surface area contributed by atoms with Crippen molar-refractivity contribution in [3.05, 3.63) is 29.8 Å². The van der Waals surface area contributed by atoms with Crippen LogP contribution in [0.3, 0.4) is 0 Å². The van der Waals surface area contributed by atoms with E-state index in [9.17, 15) is 8.42 Å². The minimum absolute atomic E-state index is 0.363. The highest BCUT2D eigenvalue weighted by Gasteiger charge is 2.05. The van der Waals surface area contributed by atoms with Gasteiger partial charge in [0.15, 0.2) is 9.84 Å². The van der Waals surface area contributed by atoms with Gasteiger partial charge in [0.2, 0.25) is 0 Å². The van der Waals surface area contributed by atoms with Gasteiger partial charge in [-0.1, -0.05) is 12.1 Å². The highest BCUT2D eigenvalue weighted by atomic mass is 32.2. The van der Waals surface area contributed by atoms with E-state index in [1.807, 2.05) is 12.1 Å². The lowest BCUT2D eigenvalue weighted by atomic mass is 10.1. The van der Waals surface area contributed by atoms with Crippen LogP contribution in [-0.4, -0.2) is 21.3 Å². The zero-order chi connectivity index (χ0) is 12.0. The Hall–Kier alpha value is -0.910. The summed E-state index contributed by atoms with van der Waals surface area (Å²) >= 11 is 0. The molecule has 0 atom stereocenters. The highest BCUT2D eigenvalue weighted by Crippen LogP contribution is 2.12. The first-order valence-electron chi connectivity index (χ1n) is 5.15. The molecule has 0 radical (unpaired) electrons.